The molecule has 0 saturated carbocycles. The lowest BCUT2D eigenvalue weighted by Crippen LogP contribution is -2.50. The summed E-state index contributed by atoms with van der Waals surface area (Å²) < 4.78 is 24.0. The number of amides is 1. The van der Waals surface area contributed by atoms with E-state index in [1.807, 2.05) is 0 Å². The van der Waals surface area contributed by atoms with Gasteiger partial charge in [0.1, 0.15) is 11.1 Å². The number of thioether (sulfide) groups is 1. The predicted octanol–water partition coefficient (Wildman–Crippen LogP) is 1.09. The molecule has 0 radical (unpaired) electrons. The van der Waals surface area contributed by atoms with Crippen molar-refractivity contribution >= 4 is 38.8 Å². The van der Waals surface area contributed by atoms with Gasteiger partial charge < -0.3 is 4.90 Å². The molecule has 0 spiro atoms. The SMILES string of the molecule is CCS(=O)(=O)C1CSCCN1C(=O)c1cscn1. The molecule has 0 N–H and O–H groups in total. The largest absolute Gasteiger partial charge is 0.319 e. The van der Waals surface area contributed by atoms with E-state index < -0.39 is 15.2 Å². The van der Waals surface area contributed by atoms with Gasteiger partial charge >= 0.3 is 0 Å². The normalized spacial score (nSPS) is 20.9. The highest BCUT2D eigenvalue weighted by molar-refractivity contribution is 8.01. The lowest BCUT2D eigenvalue weighted by molar-refractivity contribution is 0.0744. The molecular weight excluding hydrogens is 292 g/mol. The average molecular weight is 306 g/mol. The van der Waals surface area contributed by atoms with Crippen LogP contribution in [0.25, 0.3) is 0 Å². The molecule has 5 nitrogen and oxygen atoms in total. The summed E-state index contributed by atoms with van der Waals surface area (Å²) in [6.45, 7) is 2.07. The first-order valence-corrected chi connectivity index (χ1v) is 9.36. The van der Waals surface area contributed by atoms with Crippen LogP contribution in [0.4, 0.5) is 0 Å². The molecule has 0 bridgehead atoms. The van der Waals surface area contributed by atoms with Gasteiger partial charge in [-0.15, -0.1) is 11.3 Å². The summed E-state index contributed by atoms with van der Waals surface area (Å²) in [6.07, 6.45) is 0. The Labute approximate surface area is 115 Å². The number of nitrogens with zero attached hydrogens (tertiary/aromatic N) is 2. The topological polar surface area (TPSA) is 67.3 Å². The lowest BCUT2D eigenvalue weighted by Gasteiger charge is -2.34. The zero-order chi connectivity index (χ0) is 13.2. The minimum Gasteiger partial charge on any atom is -0.319 e. The summed E-state index contributed by atoms with van der Waals surface area (Å²) in [5.41, 5.74) is 1.91. The summed E-state index contributed by atoms with van der Waals surface area (Å²) in [5.74, 6) is 0.995. The average Bonchev–Trinajstić information content (AvgIpc) is 2.92. The number of hydrogen-bond acceptors (Lipinski definition) is 6. The van der Waals surface area contributed by atoms with Crippen molar-refractivity contribution in [1.82, 2.24) is 9.88 Å². The maximum absolute atomic E-state index is 12.2. The van der Waals surface area contributed by atoms with E-state index >= 15 is 0 Å². The van der Waals surface area contributed by atoms with Gasteiger partial charge in [-0.1, -0.05) is 6.92 Å². The monoisotopic (exact) mass is 306 g/mol. The van der Waals surface area contributed by atoms with Crippen LogP contribution in [0.3, 0.4) is 0 Å². The second-order valence-corrected chi connectivity index (χ2v) is 8.17. The number of carbonyl (C=O) groups excluding carboxylic acids is 1. The van der Waals surface area contributed by atoms with E-state index in [1.54, 1.807) is 29.6 Å². The molecule has 1 aliphatic rings. The molecule has 2 rings (SSSR count). The molecule has 1 fully saturated rings. The molecular formula is C10H14N2O3S3. The van der Waals surface area contributed by atoms with Crippen molar-refractivity contribution in [3.8, 4) is 0 Å². The van der Waals surface area contributed by atoms with Gasteiger partial charge in [0.2, 0.25) is 0 Å². The third-order valence-electron chi connectivity index (χ3n) is 2.81. The minimum absolute atomic E-state index is 0.0546. The molecule has 0 aromatic carbocycles. The van der Waals surface area contributed by atoms with E-state index in [9.17, 15) is 13.2 Å². The molecule has 0 aliphatic carbocycles. The van der Waals surface area contributed by atoms with E-state index in [0.717, 1.165) is 5.75 Å². The summed E-state index contributed by atoms with van der Waals surface area (Å²) in [6, 6.07) is 0. The van der Waals surface area contributed by atoms with Gasteiger partial charge in [-0.2, -0.15) is 11.8 Å². The molecule has 1 aliphatic heterocycles. The number of sulfone groups is 1. The molecule has 1 saturated heterocycles. The first-order valence-electron chi connectivity index (χ1n) is 5.54. The smallest absolute Gasteiger partial charge is 0.274 e. The van der Waals surface area contributed by atoms with Gasteiger partial charge in [0.15, 0.2) is 9.84 Å². The number of thiazole rings is 1. The van der Waals surface area contributed by atoms with Crippen LogP contribution in [-0.4, -0.2) is 53.4 Å². The number of rotatable bonds is 3. The van der Waals surface area contributed by atoms with Crippen LogP contribution in [0, 0.1) is 0 Å². The fourth-order valence-corrected chi connectivity index (χ4v) is 5.26. The van der Waals surface area contributed by atoms with Crippen molar-refractivity contribution in [2.75, 3.05) is 23.8 Å². The van der Waals surface area contributed by atoms with Crippen molar-refractivity contribution < 1.29 is 13.2 Å². The molecule has 1 unspecified atom stereocenters. The van der Waals surface area contributed by atoms with Crippen molar-refractivity contribution in [3.05, 3.63) is 16.6 Å². The molecule has 1 amide bonds. The quantitative estimate of drug-likeness (QED) is 0.836. The fraction of sp³-hybridized carbons (Fsp3) is 0.600. The standard InChI is InChI=1S/C10H14N2O3S3/c1-2-18(14,15)9-6-16-4-3-12(9)10(13)8-5-17-7-11-8/h5,7,9H,2-4,6H2,1H3. The van der Waals surface area contributed by atoms with Crippen LogP contribution in [0.5, 0.6) is 0 Å². The Hall–Kier alpha value is -0.600. The van der Waals surface area contributed by atoms with Crippen LogP contribution < -0.4 is 0 Å². The zero-order valence-corrected chi connectivity index (χ0v) is 12.4. The zero-order valence-electron chi connectivity index (χ0n) is 9.90. The fourth-order valence-electron chi connectivity index (χ4n) is 1.77. The first-order chi connectivity index (χ1) is 8.56. The Bertz CT molecular complexity index is 512. The number of hydrogen-bond donors (Lipinski definition) is 0. The van der Waals surface area contributed by atoms with Crippen molar-refractivity contribution in [1.29, 1.82) is 0 Å². The number of carbonyl (C=O) groups is 1. The summed E-state index contributed by atoms with van der Waals surface area (Å²) >= 11 is 2.91. The van der Waals surface area contributed by atoms with Crippen molar-refractivity contribution in [3.63, 3.8) is 0 Å². The van der Waals surface area contributed by atoms with E-state index in [0.29, 0.717) is 18.0 Å². The van der Waals surface area contributed by atoms with Crippen molar-refractivity contribution in [2.24, 2.45) is 0 Å². The van der Waals surface area contributed by atoms with E-state index in [1.165, 1.54) is 16.2 Å². The van der Waals surface area contributed by atoms with Crippen LogP contribution in [0.2, 0.25) is 0 Å². The minimum atomic E-state index is -3.25. The molecule has 1 atom stereocenters. The predicted molar refractivity (Wildman–Crippen MR) is 73.7 cm³/mol. The van der Waals surface area contributed by atoms with Gasteiger partial charge in [0.05, 0.1) is 5.51 Å². The molecule has 1 aromatic rings. The number of aromatic nitrogens is 1. The Morgan fingerprint density at radius 1 is 1.61 bits per heavy atom. The van der Waals surface area contributed by atoms with Gasteiger partial charge in [-0.05, 0) is 0 Å². The molecule has 1 aromatic heterocycles. The van der Waals surface area contributed by atoms with Crippen LogP contribution in [-0.2, 0) is 9.84 Å². The third kappa shape index (κ3) is 2.70. The van der Waals surface area contributed by atoms with E-state index in [4.69, 9.17) is 0 Å². The Kier molecular flexibility index (Phi) is 4.29. The highest BCUT2D eigenvalue weighted by Crippen LogP contribution is 2.23. The summed E-state index contributed by atoms with van der Waals surface area (Å²) in [4.78, 5) is 17.6. The molecule has 100 valence electrons. The summed E-state index contributed by atoms with van der Waals surface area (Å²) in [5, 5.41) is 0.940. The van der Waals surface area contributed by atoms with Gasteiger partial charge in [0, 0.05) is 29.2 Å². The Morgan fingerprint density at radius 3 is 3.00 bits per heavy atom. The van der Waals surface area contributed by atoms with Gasteiger partial charge in [0.25, 0.3) is 5.91 Å². The van der Waals surface area contributed by atoms with Gasteiger partial charge in [-0.3, -0.25) is 4.79 Å². The van der Waals surface area contributed by atoms with Crippen LogP contribution in [0.1, 0.15) is 17.4 Å². The molecule has 2 heterocycles. The van der Waals surface area contributed by atoms with Gasteiger partial charge in [-0.25, -0.2) is 13.4 Å². The molecule has 18 heavy (non-hydrogen) atoms. The van der Waals surface area contributed by atoms with E-state index in [2.05, 4.69) is 4.98 Å². The van der Waals surface area contributed by atoms with Crippen molar-refractivity contribution in [2.45, 2.75) is 12.3 Å². The third-order valence-corrected chi connectivity index (χ3v) is 6.69. The maximum atomic E-state index is 12.2. The lowest BCUT2D eigenvalue weighted by atomic mass is 10.4. The summed E-state index contributed by atoms with van der Waals surface area (Å²) in [7, 11) is -3.25. The van der Waals surface area contributed by atoms with Crippen LogP contribution >= 0.6 is 23.1 Å². The second kappa shape index (κ2) is 5.58. The molecule has 8 heteroatoms. The Morgan fingerprint density at radius 2 is 2.39 bits per heavy atom. The highest BCUT2D eigenvalue weighted by Gasteiger charge is 2.36. The van der Waals surface area contributed by atoms with Crippen LogP contribution in [0.15, 0.2) is 10.9 Å². The highest BCUT2D eigenvalue weighted by atomic mass is 32.2. The van der Waals surface area contributed by atoms with E-state index in [-0.39, 0.29) is 11.7 Å². The first kappa shape index (κ1) is 13.8. The second-order valence-electron chi connectivity index (χ2n) is 3.85. The maximum Gasteiger partial charge on any atom is 0.274 e. The Balaban J connectivity index is 2.26.